The molecule has 2 atom stereocenters. The third-order valence-electron chi connectivity index (χ3n) is 1.72. The summed E-state index contributed by atoms with van der Waals surface area (Å²) < 4.78 is 0. The van der Waals surface area contributed by atoms with Gasteiger partial charge >= 0.3 is 0 Å². The average Bonchev–Trinajstić information content (AvgIpc) is 1.88. The standard InChI is InChI=1S/C10H16O/c1-5-7-10(11)9(6-2)8(3)4/h6-11H,1-2H2,3-4H3. The average molecular weight is 152 g/mol. The molecule has 0 amide bonds. The summed E-state index contributed by atoms with van der Waals surface area (Å²) in [5.41, 5.74) is 2.56. The molecular formula is C10H16O. The monoisotopic (exact) mass is 152 g/mol. The van der Waals surface area contributed by atoms with E-state index in [1.165, 1.54) is 0 Å². The summed E-state index contributed by atoms with van der Waals surface area (Å²) in [6.45, 7) is 11.2. The van der Waals surface area contributed by atoms with Gasteiger partial charge in [0.2, 0.25) is 0 Å². The van der Waals surface area contributed by atoms with Crippen molar-refractivity contribution in [2.24, 2.45) is 11.8 Å². The lowest BCUT2D eigenvalue weighted by atomic mass is 9.90. The Morgan fingerprint density at radius 3 is 2.27 bits per heavy atom. The van der Waals surface area contributed by atoms with E-state index in [0.29, 0.717) is 5.92 Å². The zero-order chi connectivity index (χ0) is 8.85. The first-order chi connectivity index (χ1) is 5.13. The van der Waals surface area contributed by atoms with Crippen LogP contribution in [0.2, 0.25) is 0 Å². The van der Waals surface area contributed by atoms with Gasteiger partial charge < -0.3 is 5.11 Å². The summed E-state index contributed by atoms with van der Waals surface area (Å²) >= 11 is 0. The van der Waals surface area contributed by atoms with Gasteiger partial charge in [-0.25, -0.2) is 0 Å². The van der Waals surface area contributed by atoms with Crippen LogP contribution in [0.1, 0.15) is 13.8 Å². The minimum atomic E-state index is -0.495. The summed E-state index contributed by atoms with van der Waals surface area (Å²) in [7, 11) is 0. The molecule has 0 rings (SSSR count). The van der Waals surface area contributed by atoms with Gasteiger partial charge in [0.25, 0.3) is 0 Å². The Labute approximate surface area is 68.7 Å². The molecule has 2 unspecified atom stereocenters. The SMILES string of the molecule is C=C=CC(O)C(C=C)C(C)C. The van der Waals surface area contributed by atoms with E-state index in [4.69, 9.17) is 0 Å². The summed E-state index contributed by atoms with van der Waals surface area (Å²) in [4.78, 5) is 0. The Balaban J connectivity index is 4.24. The Hall–Kier alpha value is -0.780. The van der Waals surface area contributed by atoms with E-state index < -0.39 is 6.10 Å². The summed E-state index contributed by atoms with van der Waals surface area (Å²) in [6.07, 6.45) is 2.83. The fourth-order valence-corrected chi connectivity index (χ4v) is 1.04. The molecule has 62 valence electrons. The van der Waals surface area contributed by atoms with Gasteiger partial charge in [-0.15, -0.1) is 12.3 Å². The molecule has 0 aromatic rings. The molecule has 1 heteroatoms. The number of aliphatic hydroxyl groups excluding tert-OH is 1. The topological polar surface area (TPSA) is 20.2 Å². The van der Waals surface area contributed by atoms with E-state index >= 15 is 0 Å². The highest BCUT2D eigenvalue weighted by atomic mass is 16.3. The van der Waals surface area contributed by atoms with Crippen molar-refractivity contribution in [3.05, 3.63) is 31.0 Å². The maximum absolute atomic E-state index is 9.45. The van der Waals surface area contributed by atoms with Crippen molar-refractivity contribution < 1.29 is 5.11 Å². The van der Waals surface area contributed by atoms with Crippen molar-refractivity contribution in [2.45, 2.75) is 20.0 Å². The van der Waals surface area contributed by atoms with Gasteiger partial charge in [-0.05, 0) is 12.0 Å². The normalized spacial score (nSPS) is 15.3. The zero-order valence-electron chi connectivity index (χ0n) is 7.25. The van der Waals surface area contributed by atoms with Gasteiger partial charge in [-0.3, -0.25) is 0 Å². The van der Waals surface area contributed by atoms with E-state index in [0.717, 1.165) is 0 Å². The predicted molar refractivity (Wildman–Crippen MR) is 48.2 cm³/mol. The van der Waals surface area contributed by atoms with Crippen molar-refractivity contribution in [3.8, 4) is 0 Å². The maximum atomic E-state index is 9.45. The van der Waals surface area contributed by atoms with Gasteiger partial charge in [0, 0.05) is 5.92 Å². The molecule has 0 aliphatic heterocycles. The molecule has 1 N–H and O–H groups in total. The van der Waals surface area contributed by atoms with Crippen LogP contribution >= 0.6 is 0 Å². The van der Waals surface area contributed by atoms with Gasteiger partial charge in [0.15, 0.2) is 0 Å². The third-order valence-corrected chi connectivity index (χ3v) is 1.72. The van der Waals surface area contributed by atoms with Crippen LogP contribution in [0, 0.1) is 11.8 Å². The highest BCUT2D eigenvalue weighted by Gasteiger charge is 2.16. The number of hydrogen-bond donors (Lipinski definition) is 1. The number of aliphatic hydroxyl groups is 1. The van der Waals surface area contributed by atoms with Gasteiger partial charge in [0.05, 0.1) is 6.10 Å². The van der Waals surface area contributed by atoms with Crippen LogP contribution in [-0.2, 0) is 0 Å². The van der Waals surface area contributed by atoms with E-state index in [9.17, 15) is 5.11 Å². The molecule has 11 heavy (non-hydrogen) atoms. The van der Waals surface area contributed by atoms with E-state index in [-0.39, 0.29) is 5.92 Å². The first-order valence-corrected chi connectivity index (χ1v) is 3.80. The third kappa shape index (κ3) is 3.22. The predicted octanol–water partition coefficient (Wildman–Crippen LogP) is 2.15. The Morgan fingerprint density at radius 1 is 1.45 bits per heavy atom. The van der Waals surface area contributed by atoms with E-state index in [2.05, 4.69) is 18.9 Å². The van der Waals surface area contributed by atoms with Crippen LogP contribution in [-0.4, -0.2) is 11.2 Å². The molecule has 0 saturated carbocycles. The second kappa shape index (κ2) is 4.95. The fourth-order valence-electron chi connectivity index (χ4n) is 1.04. The van der Waals surface area contributed by atoms with Crippen LogP contribution < -0.4 is 0 Å². The Kier molecular flexibility index (Phi) is 4.60. The Morgan fingerprint density at radius 2 is 2.00 bits per heavy atom. The summed E-state index contributed by atoms with van der Waals surface area (Å²) in [5, 5.41) is 9.45. The lowest BCUT2D eigenvalue weighted by Crippen LogP contribution is -2.20. The zero-order valence-corrected chi connectivity index (χ0v) is 7.25. The first-order valence-electron chi connectivity index (χ1n) is 3.80. The molecule has 0 fully saturated rings. The lowest BCUT2D eigenvalue weighted by molar-refractivity contribution is 0.151. The van der Waals surface area contributed by atoms with Crippen molar-refractivity contribution >= 4 is 0 Å². The highest BCUT2D eigenvalue weighted by molar-refractivity contribution is 4.96. The van der Waals surface area contributed by atoms with Gasteiger partial charge in [-0.2, -0.15) is 0 Å². The molecule has 0 bridgehead atoms. The van der Waals surface area contributed by atoms with E-state index in [1.54, 1.807) is 12.2 Å². The van der Waals surface area contributed by atoms with Gasteiger partial charge in [-0.1, -0.05) is 26.5 Å². The lowest BCUT2D eigenvalue weighted by Gasteiger charge is -2.19. The minimum absolute atomic E-state index is 0.101. The van der Waals surface area contributed by atoms with Crippen LogP contribution in [0.5, 0.6) is 0 Å². The second-order valence-electron chi connectivity index (χ2n) is 2.92. The van der Waals surface area contributed by atoms with Gasteiger partial charge in [0.1, 0.15) is 0 Å². The molecule has 0 aromatic carbocycles. The molecule has 0 spiro atoms. The smallest absolute Gasteiger partial charge is 0.0859 e. The van der Waals surface area contributed by atoms with Crippen LogP contribution in [0.15, 0.2) is 31.0 Å². The summed E-state index contributed by atoms with van der Waals surface area (Å²) in [6, 6.07) is 0. The maximum Gasteiger partial charge on any atom is 0.0859 e. The number of rotatable bonds is 4. The van der Waals surface area contributed by atoms with Crippen LogP contribution in [0.4, 0.5) is 0 Å². The number of hydrogen-bond acceptors (Lipinski definition) is 1. The fraction of sp³-hybridized carbons (Fsp3) is 0.500. The molecule has 1 nitrogen and oxygen atoms in total. The molecule has 0 heterocycles. The summed E-state index contributed by atoms with van der Waals surface area (Å²) in [5.74, 6) is 0.497. The van der Waals surface area contributed by atoms with Crippen LogP contribution in [0.25, 0.3) is 0 Å². The van der Waals surface area contributed by atoms with Crippen LogP contribution in [0.3, 0.4) is 0 Å². The quantitative estimate of drug-likeness (QED) is 0.483. The van der Waals surface area contributed by atoms with Crippen molar-refractivity contribution in [3.63, 3.8) is 0 Å². The molecule has 0 aliphatic carbocycles. The molecule has 0 aromatic heterocycles. The van der Waals surface area contributed by atoms with Crippen molar-refractivity contribution in [1.82, 2.24) is 0 Å². The first kappa shape index (κ1) is 10.2. The molecule has 0 saturated heterocycles. The second-order valence-corrected chi connectivity index (χ2v) is 2.92. The van der Waals surface area contributed by atoms with Crippen molar-refractivity contribution in [2.75, 3.05) is 0 Å². The molecular weight excluding hydrogens is 136 g/mol. The van der Waals surface area contributed by atoms with Crippen molar-refractivity contribution in [1.29, 1.82) is 0 Å². The highest BCUT2D eigenvalue weighted by Crippen LogP contribution is 2.16. The Bertz CT molecular complexity index is 164. The molecule has 0 radical (unpaired) electrons. The largest absolute Gasteiger partial charge is 0.388 e. The molecule has 0 aliphatic rings. The van der Waals surface area contributed by atoms with E-state index in [1.807, 2.05) is 13.8 Å². The minimum Gasteiger partial charge on any atom is -0.388 e.